The summed E-state index contributed by atoms with van der Waals surface area (Å²) in [6.07, 6.45) is 70.5. The average molecular weight is 963 g/mol. The van der Waals surface area contributed by atoms with Crippen molar-refractivity contribution in [3.05, 3.63) is 146 Å². The summed E-state index contributed by atoms with van der Waals surface area (Å²) >= 11 is 0. The van der Waals surface area contributed by atoms with E-state index in [1.54, 1.807) is 0 Å². The van der Waals surface area contributed by atoms with Crippen molar-refractivity contribution >= 4 is 19.8 Å². The molecule has 0 amide bonds. The van der Waals surface area contributed by atoms with Gasteiger partial charge in [0, 0.05) is 12.8 Å². The number of likely N-dealkylation sites (N-methyl/N-ethyl adjacent to an activating group) is 1. The molecule has 2 unspecified atom stereocenters. The molecule has 0 aliphatic rings. The minimum Gasteiger partial charge on any atom is -0.462 e. The number of hydrogen-bond acceptors (Lipinski definition) is 7. The summed E-state index contributed by atoms with van der Waals surface area (Å²) in [7, 11) is 1.40. The number of phosphoric acid groups is 1. The molecule has 0 heterocycles. The minimum atomic E-state index is -4.41. The molecule has 1 N–H and O–H groups in total. The number of allylic oxidation sites excluding steroid dienone is 24. The second kappa shape index (κ2) is 47.9. The van der Waals surface area contributed by atoms with E-state index >= 15 is 0 Å². The van der Waals surface area contributed by atoms with E-state index in [1.807, 2.05) is 21.1 Å². The molecular weight excluding hydrogens is 870 g/mol. The molecule has 0 saturated heterocycles. The summed E-state index contributed by atoms with van der Waals surface area (Å²) in [6.45, 7) is 4.08. The van der Waals surface area contributed by atoms with E-state index in [1.165, 1.54) is 0 Å². The number of ether oxygens (including phenoxy) is 2. The molecule has 2 atom stereocenters. The SMILES string of the molecule is CC/C=C\C/C=C\C/C=C\C/C=C\C/C=C\C/C=C\CCCCCCC(=O)OC(COC(=O)CCCC/C=C\C/C=C\C/C=C\C/C=C\C/C=C\C/C=C\CC)COP(=O)(O)OCC[N+](C)(C)C. The van der Waals surface area contributed by atoms with Crippen molar-refractivity contribution in [1.82, 2.24) is 0 Å². The van der Waals surface area contributed by atoms with E-state index in [9.17, 15) is 19.0 Å². The van der Waals surface area contributed by atoms with Crippen LogP contribution in [0.2, 0.25) is 0 Å². The highest BCUT2D eigenvalue weighted by molar-refractivity contribution is 7.47. The standard InChI is InChI=1S/C58H92NO8P/c1-6-8-10-12-14-16-18-20-22-24-26-28-29-31-33-35-37-39-41-43-45-47-49-51-58(61)67-56(55-66-68(62,63)65-53-52-59(3,4)5)54-64-57(60)50-48-46-44-42-40-38-36-34-32-30-27-25-23-21-19-17-15-13-11-9-7-2/h8-11,14-17,20-23,26-28,30-31,33-34,36-37,39-40,42,56H,6-7,12-13,18-19,24-25,29,32,35,38,41,43-55H2,1-5H3/p+1/b10-8-,11-9-,16-14-,17-15-,22-20-,23-21-,28-26-,30-27-,33-31-,36-34-,39-37-,42-40-. The van der Waals surface area contributed by atoms with Gasteiger partial charge in [0.1, 0.15) is 19.8 Å². The topological polar surface area (TPSA) is 108 Å². The van der Waals surface area contributed by atoms with Gasteiger partial charge in [-0.05, 0) is 116 Å². The summed E-state index contributed by atoms with van der Waals surface area (Å²) < 4.78 is 34.4. The summed E-state index contributed by atoms with van der Waals surface area (Å²) in [5.74, 6) is -0.895. The van der Waals surface area contributed by atoms with E-state index in [-0.39, 0.29) is 26.1 Å². The van der Waals surface area contributed by atoms with Crippen LogP contribution in [0.15, 0.2) is 146 Å². The van der Waals surface area contributed by atoms with Crippen molar-refractivity contribution in [2.24, 2.45) is 0 Å². The zero-order valence-electron chi connectivity index (χ0n) is 43.0. The maximum atomic E-state index is 12.8. The molecular formula is C58H93NO8P+. The number of nitrogens with zero attached hydrogens (tertiary/aromatic N) is 1. The van der Waals surface area contributed by atoms with Gasteiger partial charge >= 0.3 is 19.8 Å². The molecule has 0 spiro atoms. The summed E-state index contributed by atoms with van der Waals surface area (Å²) in [5, 5.41) is 0. The Bertz CT molecular complexity index is 1650. The molecule has 0 aliphatic carbocycles. The van der Waals surface area contributed by atoms with Gasteiger partial charge in [0.15, 0.2) is 6.10 Å². The first kappa shape index (κ1) is 63.9. The Morgan fingerprint density at radius 2 is 0.794 bits per heavy atom. The maximum absolute atomic E-state index is 12.8. The van der Waals surface area contributed by atoms with Gasteiger partial charge in [-0.3, -0.25) is 18.6 Å². The average Bonchev–Trinajstić information content (AvgIpc) is 3.30. The van der Waals surface area contributed by atoms with Crippen LogP contribution in [0.3, 0.4) is 0 Å². The van der Waals surface area contributed by atoms with Gasteiger partial charge in [-0.25, -0.2) is 4.57 Å². The van der Waals surface area contributed by atoms with Crippen LogP contribution in [-0.2, 0) is 32.7 Å². The molecule has 9 nitrogen and oxygen atoms in total. The second-order valence-electron chi connectivity index (χ2n) is 17.4. The van der Waals surface area contributed by atoms with Crippen molar-refractivity contribution in [2.45, 2.75) is 161 Å². The number of carbonyl (C=O) groups is 2. The van der Waals surface area contributed by atoms with E-state index in [0.717, 1.165) is 116 Å². The Balaban J connectivity index is 4.45. The first-order valence-electron chi connectivity index (χ1n) is 25.6. The molecule has 0 radical (unpaired) electrons. The highest BCUT2D eigenvalue weighted by Crippen LogP contribution is 2.43. The highest BCUT2D eigenvalue weighted by atomic mass is 31.2. The van der Waals surface area contributed by atoms with Gasteiger partial charge in [0.05, 0.1) is 27.7 Å². The van der Waals surface area contributed by atoms with E-state index in [4.69, 9.17) is 18.5 Å². The van der Waals surface area contributed by atoms with Gasteiger partial charge < -0.3 is 18.9 Å². The fourth-order valence-corrected chi connectivity index (χ4v) is 6.70. The first-order chi connectivity index (χ1) is 33.0. The fourth-order valence-electron chi connectivity index (χ4n) is 5.96. The smallest absolute Gasteiger partial charge is 0.462 e. The van der Waals surface area contributed by atoms with Gasteiger partial charge in [0.2, 0.25) is 0 Å². The lowest BCUT2D eigenvalue weighted by molar-refractivity contribution is -0.870. The van der Waals surface area contributed by atoms with Crippen LogP contribution in [-0.4, -0.2) is 74.9 Å². The molecule has 68 heavy (non-hydrogen) atoms. The third-order valence-electron chi connectivity index (χ3n) is 9.86. The van der Waals surface area contributed by atoms with Crippen LogP contribution in [0.1, 0.15) is 155 Å². The largest absolute Gasteiger partial charge is 0.472 e. The molecule has 0 aromatic heterocycles. The van der Waals surface area contributed by atoms with Crippen molar-refractivity contribution in [3.63, 3.8) is 0 Å². The second-order valence-corrected chi connectivity index (χ2v) is 18.9. The highest BCUT2D eigenvalue weighted by Gasteiger charge is 2.27. The van der Waals surface area contributed by atoms with Crippen LogP contribution in [0, 0.1) is 0 Å². The summed E-state index contributed by atoms with van der Waals surface area (Å²) in [5.41, 5.74) is 0. The van der Waals surface area contributed by atoms with E-state index in [2.05, 4.69) is 160 Å². The van der Waals surface area contributed by atoms with Gasteiger partial charge in [-0.1, -0.05) is 173 Å². The Morgan fingerprint density at radius 1 is 0.456 bits per heavy atom. The number of carbonyl (C=O) groups excluding carboxylic acids is 2. The van der Waals surface area contributed by atoms with Crippen LogP contribution in [0.25, 0.3) is 0 Å². The number of rotatable bonds is 44. The predicted molar refractivity (Wildman–Crippen MR) is 288 cm³/mol. The Hall–Kier alpha value is -4.11. The summed E-state index contributed by atoms with van der Waals surface area (Å²) in [4.78, 5) is 35.6. The Labute approximate surface area is 414 Å². The van der Waals surface area contributed by atoms with Crippen LogP contribution in [0.5, 0.6) is 0 Å². The molecule has 382 valence electrons. The lowest BCUT2D eigenvalue weighted by atomic mass is 10.1. The molecule has 0 rings (SSSR count). The minimum absolute atomic E-state index is 0.00931. The van der Waals surface area contributed by atoms with Crippen LogP contribution >= 0.6 is 7.82 Å². The number of phosphoric ester groups is 1. The fraction of sp³-hybridized carbons (Fsp3) is 0.552. The zero-order valence-corrected chi connectivity index (χ0v) is 43.9. The van der Waals surface area contributed by atoms with Crippen molar-refractivity contribution in [2.75, 3.05) is 47.5 Å². The zero-order chi connectivity index (χ0) is 49.9. The van der Waals surface area contributed by atoms with Gasteiger partial charge in [0.25, 0.3) is 0 Å². The lowest BCUT2D eigenvalue weighted by Gasteiger charge is -2.24. The van der Waals surface area contributed by atoms with E-state index in [0.29, 0.717) is 23.9 Å². The number of quaternary nitrogens is 1. The molecule has 0 bridgehead atoms. The van der Waals surface area contributed by atoms with Gasteiger partial charge in [-0.2, -0.15) is 0 Å². The monoisotopic (exact) mass is 963 g/mol. The van der Waals surface area contributed by atoms with Crippen molar-refractivity contribution in [3.8, 4) is 0 Å². The first-order valence-corrected chi connectivity index (χ1v) is 27.1. The predicted octanol–water partition coefficient (Wildman–Crippen LogP) is 15.6. The number of hydrogen-bond donors (Lipinski definition) is 1. The molecule has 10 heteroatoms. The van der Waals surface area contributed by atoms with Crippen LogP contribution in [0.4, 0.5) is 0 Å². The van der Waals surface area contributed by atoms with Crippen molar-refractivity contribution < 1.29 is 42.1 Å². The summed E-state index contributed by atoms with van der Waals surface area (Å²) in [6, 6.07) is 0. The third kappa shape index (κ3) is 51.3. The molecule has 0 saturated carbocycles. The van der Waals surface area contributed by atoms with Crippen LogP contribution < -0.4 is 0 Å². The number of unbranched alkanes of at least 4 members (excludes halogenated alkanes) is 6. The third-order valence-corrected chi connectivity index (χ3v) is 10.8. The molecule has 0 aromatic rings. The van der Waals surface area contributed by atoms with Gasteiger partial charge in [-0.15, -0.1) is 0 Å². The quantitative estimate of drug-likeness (QED) is 0.0211. The van der Waals surface area contributed by atoms with Crippen molar-refractivity contribution in [1.29, 1.82) is 0 Å². The number of esters is 2. The Morgan fingerprint density at radius 3 is 1.19 bits per heavy atom. The normalized spacial score (nSPS) is 14.6. The molecule has 0 aromatic carbocycles. The van der Waals surface area contributed by atoms with E-state index < -0.39 is 32.5 Å². The molecule has 0 aliphatic heterocycles. The molecule has 0 fully saturated rings. The lowest BCUT2D eigenvalue weighted by Crippen LogP contribution is -2.37. The maximum Gasteiger partial charge on any atom is 0.472 e. The Kier molecular flexibility index (Phi) is 45.0.